The lowest BCUT2D eigenvalue weighted by Crippen LogP contribution is -2.41. The molecule has 18 heavy (non-hydrogen) atoms. The quantitative estimate of drug-likeness (QED) is 0.880. The smallest absolute Gasteiger partial charge is 0.426 e. The van der Waals surface area contributed by atoms with Gasteiger partial charge in [0.15, 0.2) is 0 Å². The van der Waals surface area contributed by atoms with Gasteiger partial charge in [0.1, 0.15) is 5.75 Å². The molecule has 5 heteroatoms. The van der Waals surface area contributed by atoms with E-state index in [1.165, 1.54) is 0 Å². The average molecular weight is 261 g/mol. The van der Waals surface area contributed by atoms with Gasteiger partial charge < -0.3 is 10.5 Å². The largest absolute Gasteiger partial charge is 0.479 e. The summed E-state index contributed by atoms with van der Waals surface area (Å²) in [6.07, 6.45) is -5.57. The van der Waals surface area contributed by atoms with E-state index < -0.39 is 18.8 Å². The average Bonchev–Trinajstić information content (AvgIpc) is 2.34. The van der Waals surface area contributed by atoms with Crippen molar-refractivity contribution in [1.82, 2.24) is 0 Å². The fourth-order valence-electron chi connectivity index (χ4n) is 1.62. The van der Waals surface area contributed by atoms with Crippen LogP contribution in [-0.2, 0) is 0 Å². The summed E-state index contributed by atoms with van der Waals surface area (Å²) < 4.78 is 42.9. The lowest BCUT2D eigenvalue weighted by atomic mass is 9.98. The highest BCUT2D eigenvalue weighted by atomic mass is 19.4. The molecule has 0 aliphatic heterocycles. The molecule has 0 saturated carbocycles. The number of hydrogen-bond donors (Lipinski definition) is 1. The van der Waals surface area contributed by atoms with Crippen LogP contribution >= 0.6 is 0 Å². The van der Waals surface area contributed by atoms with E-state index in [2.05, 4.69) is 0 Å². The number of halogens is 3. The van der Waals surface area contributed by atoms with Crippen LogP contribution in [0.25, 0.3) is 0 Å². The number of alkyl halides is 3. The molecule has 0 saturated heterocycles. The Morgan fingerprint density at radius 3 is 2.39 bits per heavy atom. The fourth-order valence-corrected chi connectivity index (χ4v) is 1.62. The third kappa shape index (κ3) is 3.63. The van der Waals surface area contributed by atoms with Crippen LogP contribution in [0.3, 0.4) is 0 Å². The monoisotopic (exact) mass is 261 g/mol. The van der Waals surface area contributed by atoms with E-state index in [4.69, 9.17) is 10.5 Å². The second-order valence-corrected chi connectivity index (χ2v) is 4.23. The van der Waals surface area contributed by atoms with Crippen molar-refractivity contribution in [3.05, 3.63) is 29.8 Å². The zero-order valence-corrected chi connectivity index (χ0v) is 10.5. The van der Waals surface area contributed by atoms with Gasteiger partial charge in [0, 0.05) is 6.54 Å². The molecule has 1 aromatic rings. The normalized spacial score (nSPS) is 15.2. The number of para-hydroxylation sites is 1. The highest BCUT2D eigenvalue weighted by Gasteiger charge is 2.41. The van der Waals surface area contributed by atoms with E-state index in [0.717, 1.165) is 12.0 Å². The van der Waals surface area contributed by atoms with E-state index in [1.807, 2.05) is 13.8 Å². The van der Waals surface area contributed by atoms with Gasteiger partial charge in [0.25, 0.3) is 0 Å². The predicted molar refractivity (Wildman–Crippen MR) is 64.7 cm³/mol. The van der Waals surface area contributed by atoms with Gasteiger partial charge in [-0.15, -0.1) is 0 Å². The second kappa shape index (κ2) is 6.09. The van der Waals surface area contributed by atoms with E-state index in [0.29, 0.717) is 0 Å². The van der Waals surface area contributed by atoms with Gasteiger partial charge in [0.2, 0.25) is 6.10 Å². The van der Waals surface area contributed by atoms with Crippen LogP contribution in [0.2, 0.25) is 0 Å². The summed E-state index contributed by atoms with van der Waals surface area (Å²) in [5.41, 5.74) is 5.90. The molecule has 0 fully saturated rings. The minimum atomic E-state index is -4.45. The number of ether oxygens (including phenoxy) is 1. The minimum Gasteiger partial charge on any atom is -0.479 e. The van der Waals surface area contributed by atoms with Crippen LogP contribution < -0.4 is 10.5 Å². The van der Waals surface area contributed by atoms with Crippen molar-refractivity contribution in [3.63, 3.8) is 0 Å². The zero-order valence-electron chi connectivity index (χ0n) is 10.5. The number of rotatable bonds is 5. The molecule has 1 rings (SSSR count). The van der Waals surface area contributed by atoms with Gasteiger partial charge >= 0.3 is 6.18 Å². The van der Waals surface area contributed by atoms with Crippen molar-refractivity contribution in [1.29, 1.82) is 0 Å². The Hall–Kier alpha value is -1.23. The Morgan fingerprint density at radius 2 is 1.89 bits per heavy atom. The number of benzene rings is 1. The molecule has 0 amide bonds. The Balaban J connectivity index is 2.96. The van der Waals surface area contributed by atoms with Crippen molar-refractivity contribution in [2.24, 2.45) is 5.73 Å². The maximum atomic E-state index is 12.6. The summed E-state index contributed by atoms with van der Waals surface area (Å²) >= 11 is 0. The van der Waals surface area contributed by atoms with Crippen molar-refractivity contribution in [2.45, 2.75) is 38.5 Å². The van der Waals surface area contributed by atoms with Gasteiger partial charge in [-0.05, 0) is 24.0 Å². The molecule has 2 unspecified atom stereocenters. The van der Waals surface area contributed by atoms with Gasteiger partial charge in [-0.3, -0.25) is 0 Å². The summed E-state index contributed by atoms with van der Waals surface area (Å²) in [5.74, 6) is 0.410. The van der Waals surface area contributed by atoms with Crippen molar-refractivity contribution < 1.29 is 17.9 Å². The van der Waals surface area contributed by atoms with Crippen molar-refractivity contribution in [3.8, 4) is 5.75 Å². The molecule has 0 aromatic heterocycles. The van der Waals surface area contributed by atoms with E-state index >= 15 is 0 Å². The Bertz CT molecular complexity index is 379. The highest BCUT2D eigenvalue weighted by Crippen LogP contribution is 2.31. The van der Waals surface area contributed by atoms with E-state index in [9.17, 15) is 13.2 Å². The van der Waals surface area contributed by atoms with Crippen molar-refractivity contribution >= 4 is 0 Å². The van der Waals surface area contributed by atoms with Gasteiger partial charge in [-0.25, -0.2) is 0 Å². The fraction of sp³-hybridized carbons (Fsp3) is 0.538. The number of nitrogens with two attached hydrogens (primary N) is 1. The molecule has 2 nitrogen and oxygen atoms in total. The second-order valence-electron chi connectivity index (χ2n) is 4.23. The van der Waals surface area contributed by atoms with Crippen LogP contribution in [0.5, 0.6) is 5.75 Å². The molecule has 102 valence electrons. The number of hydrogen-bond acceptors (Lipinski definition) is 2. The predicted octanol–water partition coefficient (Wildman–Crippen LogP) is 3.47. The molecule has 0 aliphatic rings. The van der Waals surface area contributed by atoms with Gasteiger partial charge in [-0.1, -0.05) is 32.0 Å². The maximum Gasteiger partial charge on any atom is 0.426 e. The first kappa shape index (κ1) is 14.8. The van der Waals surface area contributed by atoms with Gasteiger partial charge in [-0.2, -0.15) is 13.2 Å². The van der Waals surface area contributed by atoms with Crippen LogP contribution in [-0.4, -0.2) is 18.8 Å². The first-order valence-corrected chi connectivity index (χ1v) is 5.92. The standard InChI is InChI=1S/C13H18F3NO/c1-3-9(2)10-6-4-5-7-11(10)18-12(8-17)13(14,15)16/h4-7,9,12H,3,8,17H2,1-2H3. The van der Waals surface area contributed by atoms with Gasteiger partial charge in [0.05, 0.1) is 0 Å². The molecule has 0 heterocycles. The van der Waals surface area contributed by atoms with Crippen molar-refractivity contribution in [2.75, 3.05) is 6.54 Å². The van der Waals surface area contributed by atoms with Crippen LogP contribution in [0.15, 0.2) is 24.3 Å². The molecule has 2 atom stereocenters. The molecule has 0 spiro atoms. The molecular weight excluding hydrogens is 243 g/mol. The Labute approximate surface area is 105 Å². The van der Waals surface area contributed by atoms with E-state index in [1.54, 1.807) is 24.3 Å². The molecule has 1 aromatic carbocycles. The Kier molecular flexibility index (Phi) is 5.02. The van der Waals surface area contributed by atoms with E-state index in [-0.39, 0.29) is 11.7 Å². The minimum absolute atomic E-state index is 0.146. The molecular formula is C13H18F3NO. The summed E-state index contributed by atoms with van der Waals surface area (Å²) in [5, 5.41) is 0. The van der Waals surface area contributed by atoms with Crippen LogP contribution in [0, 0.1) is 0 Å². The van der Waals surface area contributed by atoms with Crippen LogP contribution in [0.1, 0.15) is 31.7 Å². The Morgan fingerprint density at radius 1 is 1.28 bits per heavy atom. The molecule has 0 aliphatic carbocycles. The third-order valence-corrected chi connectivity index (χ3v) is 2.91. The topological polar surface area (TPSA) is 35.2 Å². The lowest BCUT2D eigenvalue weighted by molar-refractivity contribution is -0.191. The zero-order chi connectivity index (χ0) is 13.8. The first-order chi connectivity index (χ1) is 8.40. The first-order valence-electron chi connectivity index (χ1n) is 5.92. The summed E-state index contributed by atoms with van der Waals surface area (Å²) in [6, 6.07) is 6.79. The highest BCUT2D eigenvalue weighted by molar-refractivity contribution is 5.36. The SMILES string of the molecule is CCC(C)c1ccccc1OC(CN)C(F)(F)F. The maximum absolute atomic E-state index is 12.6. The molecule has 0 bridgehead atoms. The lowest BCUT2D eigenvalue weighted by Gasteiger charge is -2.23. The molecule has 2 N–H and O–H groups in total. The third-order valence-electron chi connectivity index (χ3n) is 2.91. The summed E-state index contributed by atoms with van der Waals surface area (Å²) in [4.78, 5) is 0. The molecule has 0 radical (unpaired) electrons. The summed E-state index contributed by atoms with van der Waals surface area (Å²) in [7, 11) is 0. The van der Waals surface area contributed by atoms with Crippen LogP contribution in [0.4, 0.5) is 13.2 Å². The summed E-state index contributed by atoms with van der Waals surface area (Å²) in [6.45, 7) is 3.34.